The Balaban J connectivity index is 2.13. The Bertz CT molecular complexity index is 456. The number of rotatable bonds is 0. The van der Waals surface area contributed by atoms with Gasteiger partial charge in [-0.05, 0) is 6.92 Å². The summed E-state index contributed by atoms with van der Waals surface area (Å²) in [4.78, 5) is 4.24. The molecule has 0 radical (unpaired) electrons. The van der Waals surface area contributed by atoms with Crippen molar-refractivity contribution in [3.8, 4) is 17.2 Å². The van der Waals surface area contributed by atoms with Gasteiger partial charge in [0.15, 0.2) is 17.6 Å². The van der Waals surface area contributed by atoms with Gasteiger partial charge in [0.2, 0.25) is 6.79 Å². The summed E-state index contributed by atoms with van der Waals surface area (Å²) in [5, 5.41) is 0. The maximum Gasteiger partial charge on any atom is 0.231 e. The van der Waals surface area contributed by atoms with Crippen LogP contribution in [0.4, 0.5) is 5.69 Å². The summed E-state index contributed by atoms with van der Waals surface area (Å²) in [7, 11) is 0. The fraction of sp³-hybridized carbons (Fsp3) is 0.300. The van der Waals surface area contributed by atoms with Crippen LogP contribution < -0.4 is 19.9 Å². The van der Waals surface area contributed by atoms with Gasteiger partial charge in [-0.3, -0.25) is 0 Å². The Morgan fingerprint density at radius 3 is 2.80 bits per heavy atom. The number of benzene rings is 1. The highest BCUT2D eigenvalue weighted by molar-refractivity contribution is 5.90. The zero-order chi connectivity index (χ0) is 10.4. The number of ether oxygens (including phenoxy) is 3. The molecule has 1 aromatic rings. The van der Waals surface area contributed by atoms with Gasteiger partial charge in [0.05, 0.1) is 0 Å². The molecule has 0 aliphatic carbocycles. The molecular formula is C10H10N2O3. The van der Waals surface area contributed by atoms with Gasteiger partial charge in [0.25, 0.3) is 0 Å². The van der Waals surface area contributed by atoms with Crippen LogP contribution in [0, 0.1) is 0 Å². The molecule has 0 spiro atoms. The van der Waals surface area contributed by atoms with Gasteiger partial charge in [-0.1, -0.05) is 0 Å². The predicted octanol–water partition coefficient (Wildman–Crippen LogP) is 1.18. The zero-order valence-electron chi connectivity index (χ0n) is 8.19. The van der Waals surface area contributed by atoms with Crippen LogP contribution in [0.3, 0.4) is 0 Å². The summed E-state index contributed by atoms with van der Waals surface area (Å²) in [6.07, 6.45) is -0.196. The van der Waals surface area contributed by atoms with Crippen molar-refractivity contribution in [1.82, 2.24) is 0 Å². The van der Waals surface area contributed by atoms with Crippen molar-refractivity contribution in [1.29, 1.82) is 0 Å². The molecule has 0 aromatic heterocycles. The highest BCUT2D eigenvalue weighted by atomic mass is 16.7. The summed E-state index contributed by atoms with van der Waals surface area (Å²) in [6.45, 7) is 2.10. The van der Waals surface area contributed by atoms with Gasteiger partial charge in [-0.15, -0.1) is 0 Å². The first-order valence-corrected chi connectivity index (χ1v) is 4.68. The molecule has 15 heavy (non-hydrogen) atoms. The number of aliphatic imine (C=N–C) groups is 1. The fourth-order valence-electron chi connectivity index (χ4n) is 1.58. The lowest BCUT2D eigenvalue weighted by atomic mass is 10.2. The van der Waals surface area contributed by atoms with Crippen LogP contribution in [-0.4, -0.2) is 18.7 Å². The molecule has 2 aliphatic rings. The minimum absolute atomic E-state index is 0.196. The van der Waals surface area contributed by atoms with Gasteiger partial charge in [0, 0.05) is 12.1 Å². The fourth-order valence-corrected chi connectivity index (χ4v) is 1.58. The number of fused-ring (bicyclic) bond motifs is 2. The predicted molar refractivity (Wildman–Crippen MR) is 53.9 cm³/mol. The third-order valence-corrected chi connectivity index (χ3v) is 2.42. The van der Waals surface area contributed by atoms with Gasteiger partial charge < -0.3 is 19.9 Å². The molecule has 1 atom stereocenters. The lowest BCUT2D eigenvalue weighted by molar-refractivity contribution is 0.173. The van der Waals surface area contributed by atoms with Crippen LogP contribution in [0.5, 0.6) is 17.2 Å². The van der Waals surface area contributed by atoms with Gasteiger partial charge in [-0.2, -0.15) is 0 Å². The second-order valence-electron chi connectivity index (χ2n) is 3.47. The SMILES string of the molecule is CC1Oc2cc3c(cc2N=C1N)OCO3. The molecule has 1 unspecified atom stereocenters. The number of nitrogens with zero attached hydrogens (tertiary/aromatic N) is 1. The van der Waals surface area contributed by atoms with Crippen molar-refractivity contribution in [3.63, 3.8) is 0 Å². The molecule has 0 saturated carbocycles. The van der Waals surface area contributed by atoms with E-state index in [0.717, 1.165) is 0 Å². The van der Waals surface area contributed by atoms with Gasteiger partial charge >= 0.3 is 0 Å². The van der Waals surface area contributed by atoms with Crippen LogP contribution in [0.25, 0.3) is 0 Å². The van der Waals surface area contributed by atoms with Crippen molar-refractivity contribution in [2.45, 2.75) is 13.0 Å². The van der Waals surface area contributed by atoms with Crippen molar-refractivity contribution >= 4 is 11.5 Å². The molecule has 0 saturated heterocycles. The zero-order valence-corrected chi connectivity index (χ0v) is 8.19. The minimum Gasteiger partial charge on any atom is -0.480 e. The molecule has 2 N–H and O–H groups in total. The Morgan fingerprint density at radius 1 is 1.27 bits per heavy atom. The van der Waals surface area contributed by atoms with E-state index in [1.807, 2.05) is 6.92 Å². The van der Waals surface area contributed by atoms with E-state index < -0.39 is 0 Å². The minimum atomic E-state index is -0.196. The van der Waals surface area contributed by atoms with Crippen molar-refractivity contribution in [2.24, 2.45) is 10.7 Å². The van der Waals surface area contributed by atoms with E-state index in [1.54, 1.807) is 12.1 Å². The van der Waals surface area contributed by atoms with Crippen molar-refractivity contribution < 1.29 is 14.2 Å². The average Bonchev–Trinajstić information content (AvgIpc) is 2.63. The Hall–Kier alpha value is -1.91. The summed E-state index contributed by atoms with van der Waals surface area (Å²) in [6, 6.07) is 3.56. The van der Waals surface area contributed by atoms with Gasteiger partial charge in [-0.25, -0.2) is 4.99 Å². The van der Waals surface area contributed by atoms with E-state index in [2.05, 4.69) is 4.99 Å². The third-order valence-electron chi connectivity index (χ3n) is 2.42. The lowest BCUT2D eigenvalue weighted by Gasteiger charge is -2.20. The molecule has 3 rings (SSSR count). The Labute approximate surface area is 86.5 Å². The maximum atomic E-state index is 5.69. The van der Waals surface area contributed by atoms with E-state index in [0.29, 0.717) is 28.8 Å². The van der Waals surface area contributed by atoms with Crippen LogP contribution in [0.15, 0.2) is 17.1 Å². The second kappa shape index (κ2) is 2.79. The molecule has 5 nitrogen and oxygen atoms in total. The second-order valence-corrected chi connectivity index (χ2v) is 3.47. The number of nitrogens with two attached hydrogens (primary N) is 1. The molecule has 0 amide bonds. The largest absolute Gasteiger partial charge is 0.480 e. The summed E-state index contributed by atoms with van der Waals surface area (Å²) in [5.74, 6) is 2.53. The average molecular weight is 206 g/mol. The topological polar surface area (TPSA) is 66.1 Å². The van der Waals surface area contributed by atoms with E-state index in [9.17, 15) is 0 Å². The smallest absolute Gasteiger partial charge is 0.231 e. The van der Waals surface area contributed by atoms with E-state index in [4.69, 9.17) is 19.9 Å². The molecular weight excluding hydrogens is 196 g/mol. The monoisotopic (exact) mass is 206 g/mol. The molecule has 2 heterocycles. The quantitative estimate of drug-likeness (QED) is 0.692. The summed E-state index contributed by atoms with van der Waals surface area (Å²) < 4.78 is 16.1. The molecule has 2 aliphatic heterocycles. The van der Waals surface area contributed by atoms with Crippen molar-refractivity contribution in [3.05, 3.63) is 12.1 Å². The first-order valence-electron chi connectivity index (χ1n) is 4.68. The Kier molecular flexibility index (Phi) is 1.56. The van der Waals surface area contributed by atoms with Crippen LogP contribution >= 0.6 is 0 Å². The molecule has 5 heteroatoms. The van der Waals surface area contributed by atoms with E-state index >= 15 is 0 Å². The molecule has 0 bridgehead atoms. The molecule has 0 fully saturated rings. The Morgan fingerprint density at radius 2 is 2.00 bits per heavy atom. The van der Waals surface area contributed by atoms with Crippen LogP contribution in [0.2, 0.25) is 0 Å². The molecule has 1 aromatic carbocycles. The number of amidine groups is 1. The maximum absolute atomic E-state index is 5.69. The number of hydrogen-bond donors (Lipinski definition) is 1. The third kappa shape index (κ3) is 1.20. The number of hydrogen-bond acceptors (Lipinski definition) is 5. The standard InChI is InChI=1S/C10H10N2O3/c1-5-10(11)12-6-2-8-9(14-4-13-8)3-7(6)15-5/h2-3,5H,4H2,1H3,(H2,11,12). The summed E-state index contributed by atoms with van der Waals surface area (Å²) in [5.41, 5.74) is 6.38. The van der Waals surface area contributed by atoms with Crippen molar-refractivity contribution in [2.75, 3.05) is 6.79 Å². The van der Waals surface area contributed by atoms with Crippen LogP contribution in [-0.2, 0) is 0 Å². The van der Waals surface area contributed by atoms with Gasteiger partial charge in [0.1, 0.15) is 17.3 Å². The highest BCUT2D eigenvalue weighted by Crippen LogP contribution is 2.43. The summed E-state index contributed by atoms with van der Waals surface area (Å²) >= 11 is 0. The highest BCUT2D eigenvalue weighted by Gasteiger charge is 2.23. The normalized spacial score (nSPS) is 21.7. The van der Waals surface area contributed by atoms with E-state index in [-0.39, 0.29) is 12.9 Å². The molecule has 78 valence electrons. The first-order chi connectivity index (χ1) is 7.24. The first kappa shape index (κ1) is 8.40. The van der Waals surface area contributed by atoms with Crippen LogP contribution in [0.1, 0.15) is 6.92 Å². The lowest BCUT2D eigenvalue weighted by Crippen LogP contribution is -2.33. The van der Waals surface area contributed by atoms with E-state index in [1.165, 1.54) is 0 Å².